The highest BCUT2D eigenvalue weighted by molar-refractivity contribution is 6.45. The lowest BCUT2D eigenvalue weighted by Gasteiger charge is -2.34. The van der Waals surface area contributed by atoms with Crippen LogP contribution in [-0.2, 0) is 20.8 Å². The first-order valence-electron chi connectivity index (χ1n) is 8.46. The number of nitrogens with zero attached hydrogens (tertiary/aromatic N) is 3. The number of amides is 5. The number of hydrogen-bond acceptors (Lipinski definition) is 4. The molecule has 0 N–H and O–H groups in total. The fourth-order valence-corrected chi connectivity index (χ4v) is 3.52. The summed E-state index contributed by atoms with van der Waals surface area (Å²) < 4.78 is 0. The van der Waals surface area contributed by atoms with Crippen LogP contribution in [0.5, 0.6) is 0 Å². The molecule has 1 atom stereocenters. The highest BCUT2D eigenvalue weighted by Gasteiger charge is 2.45. The van der Waals surface area contributed by atoms with Crippen LogP contribution in [0, 0.1) is 0 Å². The minimum Gasteiger partial charge on any atom is -0.337 e. The summed E-state index contributed by atoms with van der Waals surface area (Å²) in [6, 6.07) is 7.20. The number of carbonyl (C=O) groups excluding carboxylic acids is 4. The third-order valence-corrected chi connectivity index (χ3v) is 4.94. The van der Waals surface area contributed by atoms with Gasteiger partial charge < -0.3 is 4.90 Å². The summed E-state index contributed by atoms with van der Waals surface area (Å²) in [7, 11) is 1.68. The van der Waals surface area contributed by atoms with E-state index in [1.54, 1.807) is 18.9 Å². The highest BCUT2D eigenvalue weighted by Crippen LogP contribution is 2.33. The second kappa shape index (κ2) is 6.66. The van der Waals surface area contributed by atoms with E-state index in [0.29, 0.717) is 0 Å². The van der Waals surface area contributed by atoms with Crippen molar-refractivity contribution in [3.63, 3.8) is 0 Å². The fraction of sp³-hybridized carbons (Fsp3) is 0.444. The van der Waals surface area contributed by atoms with Crippen LogP contribution < -0.4 is 0 Å². The van der Waals surface area contributed by atoms with Crippen LogP contribution in [0.2, 0.25) is 0 Å². The maximum atomic E-state index is 12.7. The molecule has 1 aliphatic carbocycles. The molecule has 1 saturated heterocycles. The zero-order valence-electron chi connectivity index (χ0n) is 14.4. The van der Waals surface area contributed by atoms with Crippen molar-refractivity contribution in [1.82, 2.24) is 14.7 Å². The summed E-state index contributed by atoms with van der Waals surface area (Å²) in [5.74, 6) is -2.15. The molecule has 7 nitrogen and oxygen atoms in total. The lowest BCUT2D eigenvalue weighted by atomic mass is 9.87. The van der Waals surface area contributed by atoms with Crippen LogP contribution >= 0.6 is 0 Å². The second-order valence-electron chi connectivity index (χ2n) is 6.33. The minimum atomic E-state index is -0.933. The Kier molecular flexibility index (Phi) is 4.57. The average molecular weight is 343 g/mol. The van der Waals surface area contributed by atoms with Crippen LogP contribution in [0.3, 0.4) is 0 Å². The van der Waals surface area contributed by atoms with Crippen LogP contribution in [-0.4, -0.2) is 58.6 Å². The van der Waals surface area contributed by atoms with E-state index in [1.165, 1.54) is 5.56 Å². The third-order valence-electron chi connectivity index (χ3n) is 4.94. The van der Waals surface area contributed by atoms with Gasteiger partial charge in [0.25, 0.3) is 0 Å². The number of likely N-dealkylation sites (N-methyl/N-ethyl adjacent to an activating group) is 2. The zero-order valence-corrected chi connectivity index (χ0v) is 14.4. The largest absolute Gasteiger partial charge is 0.337 e. The van der Waals surface area contributed by atoms with Crippen molar-refractivity contribution in [2.24, 2.45) is 0 Å². The Labute approximate surface area is 146 Å². The number of rotatable bonds is 4. The Morgan fingerprint density at radius 1 is 1.16 bits per heavy atom. The second-order valence-corrected chi connectivity index (χ2v) is 6.33. The Bertz CT molecular complexity index is 746. The van der Waals surface area contributed by atoms with Crippen molar-refractivity contribution in [2.45, 2.75) is 32.2 Å². The molecule has 0 unspecified atom stereocenters. The number of imide groups is 2. The Balaban J connectivity index is 1.75. The molecule has 132 valence electrons. The number of hydrogen-bond donors (Lipinski definition) is 0. The monoisotopic (exact) mass is 343 g/mol. The first kappa shape index (κ1) is 17.1. The molecule has 2 aliphatic rings. The Morgan fingerprint density at radius 3 is 2.52 bits per heavy atom. The van der Waals surface area contributed by atoms with Gasteiger partial charge in [-0.25, -0.2) is 9.69 Å². The van der Waals surface area contributed by atoms with E-state index in [2.05, 4.69) is 6.07 Å². The highest BCUT2D eigenvalue weighted by atomic mass is 16.2. The molecule has 1 aromatic rings. The molecule has 1 heterocycles. The van der Waals surface area contributed by atoms with E-state index >= 15 is 0 Å². The fourth-order valence-electron chi connectivity index (χ4n) is 3.52. The molecule has 0 spiro atoms. The number of carbonyl (C=O) groups is 4. The quantitative estimate of drug-likeness (QED) is 0.610. The van der Waals surface area contributed by atoms with Crippen molar-refractivity contribution in [2.75, 3.05) is 20.1 Å². The standard InChI is InChI=1S/C18H21N3O4/c1-3-20-16(23)17(24)21(18(20)25)11-15(22)19(2)14-10-6-8-12-7-4-5-9-13(12)14/h4-5,7,9,14H,3,6,8,10-11H2,1-2H3/t14-/m0/s1. The topological polar surface area (TPSA) is 78.0 Å². The number of aryl methyl sites for hydroxylation is 1. The maximum absolute atomic E-state index is 12.7. The SMILES string of the molecule is CCN1C(=O)C(=O)N(CC(=O)N(C)[C@H]2CCCc3ccccc32)C1=O. The van der Waals surface area contributed by atoms with E-state index in [1.807, 2.05) is 18.2 Å². The van der Waals surface area contributed by atoms with E-state index in [-0.39, 0.29) is 18.5 Å². The van der Waals surface area contributed by atoms with Gasteiger partial charge in [0.1, 0.15) is 6.54 Å². The average Bonchev–Trinajstić information content (AvgIpc) is 2.83. The van der Waals surface area contributed by atoms with Crippen LogP contribution in [0.25, 0.3) is 0 Å². The van der Waals surface area contributed by atoms with Crippen molar-refractivity contribution in [1.29, 1.82) is 0 Å². The maximum Gasteiger partial charge on any atom is 0.334 e. The molecule has 0 bridgehead atoms. The van der Waals surface area contributed by atoms with Crippen LogP contribution in [0.1, 0.15) is 36.9 Å². The molecule has 1 aliphatic heterocycles. The molecule has 7 heteroatoms. The molecule has 1 fully saturated rings. The number of urea groups is 1. The van der Waals surface area contributed by atoms with Gasteiger partial charge in [-0.1, -0.05) is 24.3 Å². The van der Waals surface area contributed by atoms with Crippen molar-refractivity contribution >= 4 is 23.8 Å². The summed E-state index contributed by atoms with van der Waals surface area (Å²) in [6.07, 6.45) is 2.79. The molecule has 0 radical (unpaired) electrons. The van der Waals surface area contributed by atoms with Gasteiger partial charge >= 0.3 is 17.8 Å². The van der Waals surface area contributed by atoms with E-state index in [9.17, 15) is 19.2 Å². The van der Waals surface area contributed by atoms with Gasteiger partial charge in [0.15, 0.2) is 0 Å². The van der Waals surface area contributed by atoms with Gasteiger partial charge in [0, 0.05) is 13.6 Å². The molecule has 1 aromatic carbocycles. The Hall–Kier alpha value is -2.70. The van der Waals surface area contributed by atoms with E-state index in [4.69, 9.17) is 0 Å². The first-order valence-corrected chi connectivity index (χ1v) is 8.46. The van der Waals surface area contributed by atoms with Gasteiger partial charge in [-0.15, -0.1) is 0 Å². The predicted octanol–water partition coefficient (Wildman–Crippen LogP) is 1.33. The molecule has 5 amide bonds. The summed E-state index contributed by atoms with van der Waals surface area (Å²) in [6.45, 7) is 1.31. The molecular weight excluding hydrogens is 322 g/mol. The summed E-state index contributed by atoms with van der Waals surface area (Å²) >= 11 is 0. The van der Waals surface area contributed by atoms with E-state index < -0.39 is 24.4 Å². The molecule has 25 heavy (non-hydrogen) atoms. The van der Waals surface area contributed by atoms with Gasteiger partial charge in [0.2, 0.25) is 5.91 Å². The smallest absolute Gasteiger partial charge is 0.334 e. The third kappa shape index (κ3) is 2.90. The molecule has 0 aromatic heterocycles. The van der Waals surface area contributed by atoms with Gasteiger partial charge in [-0.05, 0) is 37.3 Å². The van der Waals surface area contributed by atoms with Crippen molar-refractivity contribution in [3.8, 4) is 0 Å². The Morgan fingerprint density at radius 2 is 1.84 bits per heavy atom. The lowest BCUT2D eigenvalue weighted by molar-refractivity contribution is -0.145. The summed E-state index contributed by atoms with van der Waals surface area (Å²) in [4.78, 5) is 51.7. The zero-order chi connectivity index (χ0) is 18.1. The number of benzene rings is 1. The van der Waals surface area contributed by atoms with Gasteiger partial charge in [0.05, 0.1) is 6.04 Å². The van der Waals surface area contributed by atoms with Crippen LogP contribution in [0.4, 0.5) is 4.79 Å². The van der Waals surface area contributed by atoms with Gasteiger partial charge in [-0.2, -0.15) is 0 Å². The summed E-state index contributed by atoms with van der Waals surface area (Å²) in [5.41, 5.74) is 2.33. The predicted molar refractivity (Wildman–Crippen MR) is 89.4 cm³/mol. The lowest BCUT2D eigenvalue weighted by Crippen LogP contribution is -2.43. The van der Waals surface area contributed by atoms with Crippen molar-refractivity contribution in [3.05, 3.63) is 35.4 Å². The molecule has 3 rings (SSSR count). The molecular formula is C18H21N3O4. The number of fused-ring (bicyclic) bond motifs is 1. The van der Waals surface area contributed by atoms with E-state index in [0.717, 1.165) is 34.6 Å². The van der Waals surface area contributed by atoms with Crippen LogP contribution in [0.15, 0.2) is 24.3 Å². The normalized spacial score (nSPS) is 20.1. The first-order chi connectivity index (χ1) is 12.0. The molecule has 0 saturated carbocycles. The van der Waals surface area contributed by atoms with Crippen molar-refractivity contribution < 1.29 is 19.2 Å². The minimum absolute atomic E-state index is 0.0803. The van der Waals surface area contributed by atoms with Gasteiger partial charge in [-0.3, -0.25) is 19.3 Å². The summed E-state index contributed by atoms with van der Waals surface area (Å²) in [5, 5.41) is 0.